The Labute approximate surface area is 218 Å². The summed E-state index contributed by atoms with van der Waals surface area (Å²) in [6.07, 6.45) is 0.559. The number of sulfonamides is 1. The SMILES string of the molecule is Cc1ccc(S(=O)(=O)NC(=O)NCCc2ccc(-n3nc(C)c(-c4ccc(C)c(C)c4)c3C)cc2)cc1. The van der Waals surface area contributed by atoms with E-state index in [1.807, 2.05) is 42.8 Å². The highest BCUT2D eigenvalue weighted by atomic mass is 32.2. The monoisotopic (exact) mass is 516 g/mol. The zero-order valence-electron chi connectivity index (χ0n) is 21.8. The third-order valence-corrected chi connectivity index (χ3v) is 7.87. The van der Waals surface area contributed by atoms with Gasteiger partial charge in [0.05, 0.1) is 16.3 Å². The lowest BCUT2D eigenvalue weighted by Crippen LogP contribution is -2.40. The third kappa shape index (κ3) is 5.91. The largest absolute Gasteiger partial charge is 0.337 e. The maximum atomic E-state index is 12.4. The van der Waals surface area contributed by atoms with Gasteiger partial charge in [-0.05, 0) is 87.6 Å². The van der Waals surface area contributed by atoms with Crippen LogP contribution in [-0.4, -0.2) is 30.8 Å². The highest BCUT2D eigenvalue weighted by Gasteiger charge is 2.17. The average molecular weight is 517 g/mol. The van der Waals surface area contributed by atoms with Crippen LogP contribution in [0.15, 0.2) is 71.6 Å². The van der Waals surface area contributed by atoms with E-state index in [1.165, 1.54) is 23.3 Å². The Morgan fingerprint density at radius 1 is 0.865 bits per heavy atom. The van der Waals surface area contributed by atoms with Crippen LogP contribution in [0.1, 0.15) is 33.6 Å². The van der Waals surface area contributed by atoms with Gasteiger partial charge in [-0.1, -0.05) is 48.0 Å². The van der Waals surface area contributed by atoms with Crippen molar-refractivity contribution < 1.29 is 13.2 Å². The second-order valence-corrected chi connectivity index (χ2v) is 11.0. The molecule has 0 radical (unpaired) electrons. The highest BCUT2D eigenvalue weighted by Crippen LogP contribution is 2.30. The summed E-state index contributed by atoms with van der Waals surface area (Å²) in [7, 11) is -3.91. The molecule has 4 aromatic rings. The Bertz CT molecular complexity index is 1540. The molecular weight excluding hydrogens is 484 g/mol. The molecule has 3 aromatic carbocycles. The molecule has 0 atom stereocenters. The summed E-state index contributed by atoms with van der Waals surface area (Å²) in [5.74, 6) is 0. The maximum absolute atomic E-state index is 12.4. The number of carbonyl (C=O) groups is 1. The number of benzene rings is 3. The molecule has 0 saturated carbocycles. The zero-order valence-corrected chi connectivity index (χ0v) is 22.6. The van der Waals surface area contributed by atoms with Crippen LogP contribution in [0.2, 0.25) is 0 Å². The molecule has 2 N–H and O–H groups in total. The first-order valence-corrected chi connectivity index (χ1v) is 13.6. The van der Waals surface area contributed by atoms with E-state index in [1.54, 1.807) is 12.1 Å². The van der Waals surface area contributed by atoms with Crippen molar-refractivity contribution >= 4 is 16.1 Å². The van der Waals surface area contributed by atoms with E-state index in [0.29, 0.717) is 13.0 Å². The molecule has 0 aliphatic carbocycles. The molecule has 4 rings (SSSR count). The number of rotatable bonds is 7. The van der Waals surface area contributed by atoms with Gasteiger partial charge in [0.1, 0.15) is 0 Å². The number of nitrogens with one attached hydrogen (secondary N) is 2. The van der Waals surface area contributed by atoms with Gasteiger partial charge in [-0.15, -0.1) is 0 Å². The van der Waals surface area contributed by atoms with Gasteiger partial charge in [0.15, 0.2) is 0 Å². The van der Waals surface area contributed by atoms with Crippen molar-refractivity contribution in [3.05, 3.63) is 100 Å². The van der Waals surface area contributed by atoms with Crippen molar-refractivity contribution in [1.82, 2.24) is 19.8 Å². The number of amides is 2. The molecule has 0 saturated heterocycles. The van der Waals surface area contributed by atoms with Crippen molar-refractivity contribution in [3.8, 4) is 16.8 Å². The molecule has 192 valence electrons. The number of aryl methyl sites for hydroxylation is 4. The standard InChI is InChI=1S/C29H32N4O3S/c1-19-6-14-27(15-7-19)37(35,36)32-29(34)30-17-16-24-9-12-26(13-10-24)33-23(5)28(22(4)31-33)25-11-8-20(2)21(3)18-25/h6-15,18H,16-17H2,1-5H3,(H2,30,32,34). The quantitative estimate of drug-likeness (QED) is 0.348. The van der Waals surface area contributed by atoms with Crippen LogP contribution < -0.4 is 10.0 Å². The van der Waals surface area contributed by atoms with Gasteiger partial charge < -0.3 is 5.32 Å². The van der Waals surface area contributed by atoms with Crippen LogP contribution in [0.3, 0.4) is 0 Å². The van der Waals surface area contributed by atoms with Crippen molar-refractivity contribution in [1.29, 1.82) is 0 Å². The number of hydrogen-bond acceptors (Lipinski definition) is 4. The van der Waals surface area contributed by atoms with Gasteiger partial charge in [-0.2, -0.15) is 5.10 Å². The van der Waals surface area contributed by atoms with Crippen molar-refractivity contribution in [2.75, 3.05) is 6.54 Å². The maximum Gasteiger partial charge on any atom is 0.328 e. The molecule has 8 heteroatoms. The number of hydrogen-bond donors (Lipinski definition) is 2. The van der Waals surface area contributed by atoms with E-state index in [2.05, 4.69) is 49.0 Å². The molecule has 0 unspecified atom stereocenters. The van der Waals surface area contributed by atoms with Gasteiger partial charge in [0.25, 0.3) is 10.0 Å². The van der Waals surface area contributed by atoms with Crippen LogP contribution in [0, 0.1) is 34.6 Å². The minimum absolute atomic E-state index is 0.0497. The predicted octanol–water partition coefficient (Wildman–Crippen LogP) is 5.31. The summed E-state index contributed by atoms with van der Waals surface area (Å²) in [6.45, 7) is 10.5. The van der Waals surface area contributed by atoms with Crippen molar-refractivity contribution in [3.63, 3.8) is 0 Å². The molecular formula is C29H32N4O3S. The molecule has 0 aliphatic heterocycles. The second-order valence-electron chi connectivity index (χ2n) is 9.35. The van der Waals surface area contributed by atoms with E-state index >= 15 is 0 Å². The lowest BCUT2D eigenvalue weighted by Gasteiger charge is -2.10. The fourth-order valence-electron chi connectivity index (χ4n) is 4.27. The van der Waals surface area contributed by atoms with Gasteiger partial charge in [0, 0.05) is 17.8 Å². The van der Waals surface area contributed by atoms with E-state index in [0.717, 1.165) is 39.3 Å². The second kappa shape index (κ2) is 10.6. The highest BCUT2D eigenvalue weighted by molar-refractivity contribution is 7.90. The Morgan fingerprint density at radius 3 is 2.19 bits per heavy atom. The lowest BCUT2D eigenvalue weighted by atomic mass is 9.99. The molecule has 0 spiro atoms. The minimum Gasteiger partial charge on any atom is -0.337 e. The first-order valence-electron chi connectivity index (χ1n) is 12.2. The fraction of sp³-hybridized carbons (Fsp3) is 0.241. The molecule has 0 bridgehead atoms. The van der Waals surface area contributed by atoms with E-state index in [4.69, 9.17) is 5.10 Å². The van der Waals surface area contributed by atoms with Crippen LogP contribution in [0.25, 0.3) is 16.8 Å². The normalized spacial score (nSPS) is 11.4. The molecule has 0 aliphatic rings. The molecule has 0 fully saturated rings. The smallest absolute Gasteiger partial charge is 0.328 e. The van der Waals surface area contributed by atoms with Crippen LogP contribution >= 0.6 is 0 Å². The molecule has 7 nitrogen and oxygen atoms in total. The molecule has 37 heavy (non-hydrogen) atoms. The number of urea groups is 1. The minimum atomic E-state index is -3.91. The lowest BCUT2D eigenvalue weighted by molar-refractivity contribution is 0.246. The van der Waals surface area contributed by atoms with E-state index in [-0.39, 0.29) is 4.90 Å². The molecule has 2 amide bonds. The first kappa shape index (κ1) is 26.2. The summed E-state index contributed by atoms with van der Waals surface area (Å²) in [6, 6.07) is 20.0. The predicted molar refractivity (Wildman–Crippen MR) is 147 cm³/mol. The summed E-state index contributed by atoms with van der Waals surface area (Å²) in [5.41, 5.74) is 9.77. The number of carbonyl (C=O) groups excluding carboxylic acids is 1. The van der Waals surface area contributed by atoms with Gasteiger partial charge >= 0.3 is 6.03 Å². The van der Waals surface area contributed by atoms with E-state index < -0.39 is 16.1 Å². The van der Waals surface area contributed by atoms with Gasteiger partial charge in [-0.25, -0.2) is 22.6 Å². The molecule has 1 heterocycles. The topological polar surface area (TPSA) is 93.1 Å². The van der Waals surface area contributed by atoms with Gasteiger partial charge in [-0.3, -0.25) is 0 Å². The Morgan fingerprint density at radius 2 is 1.54 bits per heavy atom. The van der Waals surface area contributed by atoms with Gasteiger partial charge in [0.2, 0.25) is 0 Å². The summed E-state index contributed by atoms with van der Waals surface area (Å²) in [4.78, 5) is 12.2. The summed E-state index contributed by atoms with van der Waals surface area (Å²) in [5, 5.41) is 7.40. The third-order valence-electron chi connectivity index (χ3n) is 6.53. The Hall–Kier alpha value is -3.91. The summed E-state index contributed by atoms with van der Waals surface area (Å²) < 4.78 is 28.7. The molecule has 1 aromatic heterocycles. The van der Waals surface area contributed by atoms with E-state index in [9.17, 15) is 13.2 Å². The average Bonchev–Trinajstić information content (AvgIpc) is 3.15. The number of nitrogens with zero attached hydrogens (tertiary/aromatic N) is 2. The Balaban J connectivity index is 1.38. The van der Waals surface area contributed by atoms with Crippen LogP contribution in [0.5, 0.6) is 0 Å². The Kier molecular flexibility index (Phi) is 7.50. The van der Waals surface area contributed by atoms with Crippen molar-refractivity contribution in [2.45, 2.75) is 45.9 Å². The van der Waals surface area contributed by atoms with Crippen molar-refractivity contribution in [2.24, 2.45) is 0 Å². The van der Waals surface area contributed by atoms with Crippen LogP contribution in [0.4, 0.5) is 4.79 Å². The zero-order chi connectivity index (χ0) is 26.7. The fourth-order valence-corrected chi connectivity index (χ4v) is 5.20. The summed E-state index contributed by atoms with van der Waals surface area (Å²) >= 11 is 0. The number of aromatic nitrogens is 2. The van der Waals surface area contributed by atoms with Crippen LogP contribution in [-0.2, 0) is 16.4 Å². The first-order chi connectivity index (χ1) is 17.5.